The van der Waals surface area contributed by atoms with Gasteiger partial charge in [0.15, 0.2) is 0 Å². The van der Waals surface area contributed by atoms with Crippen LogP contribution in [0.15, 0.2) is 24.3 Å². The average molecular weight is 253 g/mol. The summed E-state index contributed by atoms with van der Waals surface area (Å²) in [6.07, 6.45) is 0. The highest BCUT2D eigenvalue weighted by Crippen LogP contribution is 2.23. The van der Waals surface area contributed by atoms with Crippen LogP contribution in [0.4, 0.5) is 5.69 Å². The standard InChI is InChI=1S/C14H21ClN2/c1-10(2)14-9-17(11(3)8-16-14)13-6-4-12(15)5-7-13/h4-7,10-11,14,16H,8-9H2,1-3H3. The lowest BCUT2D eigenvalue weighted by Gasteiger charge is -2.42. The van der Waals surface area contributed by atoms with Crippen LogP contribution in [0.2, 0.25) is 5.02 Å². The predicted molar refractivity (Wildman–Crippen MR) is 74.9 cm³/mol. The molecule has 2 unspecified atom stereocenters. The van der Waals surface area contributed by atoms with E-state index in [1.54, 1.807) is 0 Å². The number of benzene rings is 1. The van der Waals surface area contributed by atoms with Crippen LogP contribution in [0.25, 0.3) is 0 Å². The first-order chi connectivity index (χ1) is 8.08. The fraction of sp³-hybridized carbons (Fsp3) is 0.571. The van der Waals surface area contributed by atoms with Gasteiger partial charge in [-0.05, 0) is 37.1 Å². The van der Waals surface area contributed by atoms with Crippen molar-refractivity contribution in [3.05, 3.63) is 29.3 Å². The van der Waals surface area contributed by atoms with E-state index < -0.39 is 0 Å². The van der Waals surface area contributed by atoms with Gasteiger partial charge in [-0.1, -0.05) is 25.4 Å². The van der Waals surface area contributed by atoms with Gasteiger partial charge in [0.25, 0.3) is 0 Å². The normalized spacial score (nSPS) is 25.4. The molecule has 1 aliphatic rings. The van der Waals surface area contributed by atoms with Crippen molar-refractivity contribution in [1.29, 1.82) is 0 Å². The minimum atomic E-state index is 0.533. The van der Waals surface area contributed by atoms with Gasteiger partial charge >= 0.3 is 0 Å². The average Bonchev–Trinajstić information content (AvgIpc) is 2.31. The fourth-order valence-corrected chi connectivity index (χ4v) is 2.45. The number of hydrogen-bond donors (Lipinski definition) is 1. The lowest BCUT2D eigenvalue weighted by molar-refractivity contribution is 0.337. The second-order valence-electron chi connectivity index (χ2n) is 5.24. The molecule has 3 heteroatoms. The first-order valence-corrected chi connectivity index (χ1v) is 6.71. The topological polar surface area (TPSA) is 15.3 Å². The summed E-state index contributed by atoms with van der Waals surface area (Å²) in [4.78, 5) is 2.47. The van der Waals surface area contributed by atoms with Crippen molar-refractivity contribution in [2.75, 3.05) is 18.0 Å². The van der Waals surface area contributed by atoms with E-state index >= 15 is 0 Å². The number of anilines is 1. The molecule has 1 saturated heterocycles. The molecule has 0 aliphatic carbocycles. The molecule has 0 spiro atoms. The van der Waals surface area contributed by atoms with Crippen molar-refractivity contribution < 1.29 is 0 Å². The Labute approximate surface area is 109 Å². The van der Waals surface area contributed by atoms with Crippen molar-refractivity contribution in [3.63, 3.8) is 0 Å². The lowest BCUT2D eigenvalue weighted by atomic mass is 9.99. The maximum atomic E-state index is 5.94. The number of rotatable bonds is 2. The van der Waals surface area contributed by atoms with Crippen molar-refractivity contribution in [3.8, 4) is 0 Å². The highest BCUT2D eigenvalue weighted by molar-refractivity contribution is 6.30. The molecular formula is C14H21ClN2. The zero-order chi connectivity index (χ0) is 12.4. The van der Waals surface area contributed by atoms with Crippen LogP contribution in [0, 0.1) is 5.92 Å². The van der Waals surface area contributed by atoms with E-state index in [-0.39, 0.29) is 0 Å². The van der Waals surface area contributed by atoms with E-state index in [1.807, 2.05) is 12.1 Å². The Morgan fingerprint density at radius 3 is 2.53 bits per heavy atom. The van der Waals surface area contributed by atoms with Gasteiger partial charge in [0.2, 0.25) is 0 Å². The van der Waals surface area contributed by atoms with Crippen LogP contribution < -0.4 is 10.2 Å². The minimum absolute atomic E-state index is 0.533. The lowest BCUT2D eigenvalue weighted by Crippen LogP contribution is -2.57. The predicted octanol–water partition coefficient (Wildman–Crippen LogP) is 3.16. The molecular weight excluding hydrogens is 232 g/mol. The molecule has 2 atom stereocenters. The molecule has 0 saturated carbocycles. The molecule has 0 bridgehead atoms. The molecule has 0 aromatic heterocycles. The first-order valence-electron chi connectivity index (χ1n) is 6.33. The smallest absolute Gasteiger partial charge is 0.0407 e. The van der Waals surface area contributed by atoms with Crippen LogP contribution in [0.1, 0.15) is 20.8 Å². The van der Waals surface area contributed by atoms with E-state index in [4.69, 9.17) is 11.6 Å². The Morgan fingerprint density at radius 2 is 1.94 bits per heavy atom. The number of nitrogens with one attached hydrogen (secondary N) is 1. The molecule has 0 amide bonds. The molecule has 94 valence electrons. The van der Waals surface area contributed by atoms with E-state index in [1.165, 1.54) is 5.69 Å². The number of nitrogens with zero attached hydrogens (tertiary/aromatic N) is 1. The summed E-state index contributed by atoms with van der Waals surface area (Å²) in [6.45, 7) is 8.92. The van der Waals surface area contributed by atoms with Crippen molar-refractivity contribution >= 4 is 17.3 Å². The van der Waals surface area contributed by atoms with Gasteiger partial charge in [-0.15, -0.1) is 0 Å². The summed E-state index contributed by atoms with van der Waals surface area (Å²) >= 11 is 5.94. The van der Waals surface area contributed by atoms with Crippen LogP contribution in [-0.4, -0.2) is 25.2 Å². The summed E-state index contributed by atoms with van der Waals surface area (Å²) < 4.78 is 0. The Kier molecular flexibility index (Phi) is 3.95. The first kappa shape index (κ1) is 12.7. The van der Waals surface area contributed by atoms with Gasteiger partial charge in [-0.25, -0.2) is 0 Å². The van der Waals surface area contributed by atoms with Crippen LogP contribution >= 0.6 is 11.6 Å². The zero-order valence-corrected chi connectivity index (χ0v) is 11.5. The highest BCUT2D eigenvalue weighted by Gasteiger charge is 2.26. The molecule has 1 aromatic carbocycles. The zero-order valence-electron chi connectivity index (χ0n) is 10.8. The quantitative estimate of drug-likeness (QED) is 0.870. The Bertz CT molecular complexity index is 361. The molecule has 1 fully saturated rings. The summed E-state index contributed by atoms with van der Waals surface area (Å²) in [5, 5.41) is 4.41. The minimum Gasteiger partial charge on any atom is -0.366 e. The van der Waals surface area contributed by atoms with E-state index in [9.17, 15) is 0 Å². The van der Waals surface area contributed by atoms with Gasteiger partial charge in [0.1, 0.15) is 0 Å². The second-order valence-corrected chi connectivity index (χ2v) is 5.67. The third-order valence-electron chi connectivity index (χ3n) is 3.56. The molecule has 17 heavy (non-hydrogen) atoms. The van der Waals surface area contributed by atoms with E-state index in [0.717, 1.165) is 18.1 Å². The van der Waals surface area contributed by atoms with Crippen molar-refractivity contribution in [2.45, 2.75) is 32.9 Å². The van der Waals surface area contributed by atoms with Crippen LogP contribution in [-0.2, 0) is 0 Å². The SMILES string of the molecule is CC(C)C1CN(c2ccc(Cl)cc2)C(C)CN1. The molecule has 2 rings (SSSR count). The number of hydrogen-bond acceptors (Lipinski definition) is 2. The van der Waals surface area contributed by atoms with Crippen LogP contribution in [0.5, 0.6) is 0 Å². The monoisotopic (exact) mass is 252 g/mol. The maximum absolute atomic E-state index is 5.94. The largest absolute Gasteiger partial charge is 0.366 e. The molecule has 1 aromatic rings. The molecule has 1 N–H and O–H groups in total. The van der Waals surface area contributed by atoms with Gasteiger partial charge < -0.3 is 10.2 Å². The third kappa shape index (κ3) is 2.93. The van der Waals surface area contributed by atoms with Gasteiger partial charge in [0.05, 0.1) is 0 Å². The number of piperazine rings is 1. The van der Waals surface area contributed by atoms with Crippen LogP contribution in [0.3, 0.4) is 0 Å². The third-order valence-corrected chi connectivity index (χ3v) is 3.82. The Morgan fingerprint density at radius 1 is 1.29 bits per heavy atom. The highest BCUT2D eigenvalue weighted by atomic mass is 35.5. The summed E-state index contributed by atoms with van der Waals surface area (Å²) in [7, 11) is 0. The van der Waals surface area contributed by atoms with Crippen molar-refractivity contribution in [2.24, 2.45) is 5.92 Å². The summed E-state index contributed by atoms with van der Waals surface area (Å²) in [5.74, 6) is 0.664. The van der Waals surface area contributed by atoms with Gasteiger partial charge in [-0.2, -0.15) is 0 Å². The van der Waals surface area contributed by atoms with E-state index in [2.05, 4.69) is 43.1 Å². The van der Waals surface area contributed by atoms with Gasteiger partial charge in [-0.3, -0.25) is 0 Å². The van der Waals surface area contributed by atoms with Gasteiger partial charge in [0, 0.05) is 35.9 Å². The molecule has 2 nitrogen and oxygen atoms in total. The summed E-state index contributed by atoms with van der Waals surface area (Å²) in [6, 6.07) is 9.27. The molecule has 1 aliphatic heterocycles. The Balaban J connectivity index is 2.15. The fourth-order valence-electron chi connectivity index (χ4n) is 2.33. The number of halogens is 1. The summed E-state index contributed by atoms with van der Waals surface area (Å²) in [5.41, 5.74) is 1.27. The van der Waals surface area contributed by atoms with Crippen molar-refractivity contribution in [1.82, 2.24) is 5.32 Å². The molecule has 0 radical (unpaired) electrons. The van der Waals surface area contributed by atoms with E-state index in [0.29, 0.717) is 18.0 Å². The second kappa shape index (κ2) is 5.28. The molecule has 1 heterocycles. The Hall–Kier alpha value is -0.730. The maximum Gasteiger partial charge on any atom is 0.0407 e.